The van der Waals surface area contributed by atoms with E-state index in [9.17, 15) is 5.26 Å². The number of hydrogen-bond donors (Lipinski definition) is 0. The molecule has 0 N–H and O–H groups in total. The van der Waals surface area contributed by atoms with E-state index >= 15 is 0 Å². The van der Waals surface area contributed by atoms with E-state index in [4.69, 9.17) is 4.74 Å². The molecular weight excluding hydrogens is 328 g/mol. The number of pyridine rings is 1. The fraction of sp³-hybridized carbons (Fsp3) is 0.294. The van der Waals surface area contributed by atoms with E-state index in [1.54, 1.807) is 6.20 Å². The number of rotatable bonds is 6. The quantitative estimate of drug-likeness (QED) is 0.738. The molecule has 108 valence electrons. The molecule has 0 saturated heterocycles. The summed E-state index contributed by atoms with van der Waals surface area (Å²) in [5.74, 6) is 0.605. The lowest BCUT2D eigenvalue weighted by Crippen LogP contribution is -2.04. The van der Waals surface area contributed by atoms with Gasteiger partial charge in [-0.1, -0.05) is 46.3 Å². The summed E-state index contributed by atoms with van der Waals surface area (Å²) in [5, 5.41) is 10.4. The Morgan fingerprint density at radius 1 is 1.29 bits per heavy atom. The number of nitrogens with zero attached hydrogens (tertiary/aromatic N) is 2. The first kappa shape index (κ1) is 15.5. The Morgan fingerprint density at radius 3 is 2.71 bits per heavy atom. The third-order valence-corrected chi connectivity index (χ3v) is 3.77. The van der Waals surface area contributed by atoms with E-state index in [0.717, 1.165) is 35.0 Å². The molecule has 2 rings (SSSR count). The van der Waals surface area contributed by atoms with Gasteiger partial charge in [0.25, 0.3) is 0 Å². The van der Waals surface area contributed by atoms with Crippen molar-refractivity contribution in [3.8, 4) is 11.8 Å². The van der Waals surface area contributed by atoms with Gasteiger partial charge >= 0.3 is 0 Å². The summed E-state index contributed by atoms with van der Waals surface area (Å²) in [5.41, 5.74) is 3.39. The molecule has 1 aromatic carbocycles. The second kappa shape index (κ2) is 7.80. The predicted octanol–water partition coefficient (Wildman–Crippen LogP) is 4.17. The van der Waals surface area contributed by atoms with Gasteiger partial charge in [0.2, 0.25) is 0 Å². The molecule has 0 atom stereocenters. The number of halogens is 1. The summed E-state index contributed by atoms with van der Waals surface area (Å²) < 4.78 is 5.87. The summed E-state index contributed by atoms with van der Waals surface area (Å²) in [7, 11) is 0. The number of alkyl halides is 1. The highest BCUT2D eigenvalue weighted by Gasteiger charge is 2.13. The smallest absolute Gasteiger partial charge is 0.159 e. The monoisotopic (exact) mass is 344 g/mol. The second-order valence-corrected chi connectivity index (χ2v) is 5.54. The van der Waals surface area contributed by atoms with E-state index in [-0.39, 0.29) is 0 Å². The molecule has 4 heteroatoms. The van der Waals surface area contributed by atoms with Gasteiger partial charge in [0, 0.05) is 11.5 Å². The highest BCUT2D eigenvalue weighted by Crippen LogP contribution is 2.26. The molecule has 0 amide bonds. The Bertz CT molecular complexity index is 635. The van der Waals surface area contributed by atoms with Crippen LogP contribution >= 0.6 is 15.9 Å². The Hall–Kier alpha value is -1.86. The molecule has 0 spiro atoms. The van der Waals surface area contributed by atoms with Crippen LogP contribution in [0.2, 0.25) is 0 Å². The van der Waals surface area contributed by atoms with Crippen molar-refractivity contribution in [3.05, 3.63) is 58.9 Å². The van der Waals surface area contributed by atoms with Crippen molar-refractivity contribution in [2.75, 3.05) is 5.33 Å². The van der Waals surface area contributed by atoms with Crippen molar-refractivity contribution < 1.29 is 4.74 Å². The molecule has 1 heterocycles. The van der Waals surface area contributed by atoms with E-state index < -0.39 is 0 Å². The first-order valence-electron chi connectivity index (χ1n) is 6.87. The standard InChI is InChI=1S/C17H17BrN2O/c1-13-17(21-12-14-6-3-2-4-7-14)16(10-19)15(11-20-13)8-5-9-18/h2-4,6-7,11H,5,8-9,12H2,1H3. The Kier molecular flexibility index (Phi) is 5.77. The molecule has 0 saturated carbocycles. The second-order valence-electron chi connectivity index (χ2n) is 4.75. The van der Waals surface area contributed by atoms with Gasteiger partial charge in [-0.05, 0) is 30.9 Å². The maximum absolute atomic E-state index is 9.45. The van der Waals surface area contributed by atoms with Crippen LogP contribution in [0.25, 0.3) is 0 Å². The summed E-state index contributed by atoms with van der Waals surface area (Å²) in [6, 6.07) is 12.2. The van der Waals surface area contributed by atoms with Gasteiger partial charge in [-0.2, -0.15) is 5.26 Å². The summed E-state index contributed by atoms with van der Waals surface area (Å²) >= 11 is 3.41. The van der Waals surface area contributed by atoms with Gasteiger partial charge in [-0.3, -0.25) is 4.98 Å². The minimum Gasteiger partial charge on any atom is -0.486 e. The molecule has 0 fully saturated rings. The van der Waals surface area contributed by atoms with Crippen molar-refractivity contribution in [1.29, 1.82) is 5.26 Å². The van der Waals surface area contributed by atoms with Crippen LogP contribution < -0.4 is 4.74 Å². The molecule has 1 aromatic heterocycles. The number of ether oxygens (including phenoxy) is 1. The Morgan fingerprint density at radius 2 is 2.05 bits per heavy atom. The van der Waals surface area contributed by atoms with E-state index in [0.29, 0.717) is 17.9 Å². The van der Waals surface area contributed by atoms with Crippen LogP contribution in [0.5, 0.6) is 5.75 Å². The van der Waals surface area contributed by atoms with Crippen LogP contribution in [-0.2, 0) is 13.0 Å². The molecule has 0 aliphatic heterocycles. The van der Waals surface area contributed by atoms with Gasteiger partial charge in [-0.15, -0.1) is 0 Å². The molecule has 0 aliphatic carbocycles. The minimum absolute atomic E-state index is 0.444. The molecule has 0 radical (unpaired) electrons. The van der Waals surface area contributed by atoms with E-state index in [2.05, 4.69) is 27.0 Å². The lowest BCUT2D eigenvalue weighted by molar-refractivity contribution is 0.301. The lowest BCUT2D eigenvalue weighted by atomic mass is 10.0. The van der Waals surface area contributed by atoms with Gasteiger partial charge in [0.15, 0.2) is 5.75 Å². The zero-order valence-electron chi connectivity index (χ0n) is 12.0. The van der Waals surface area contributed by atoms with Gasteiger partial charge < -0.3 is 4.74 Å². The normalized spacial score (nSPS) is 10.1. The largest absolute Gasteiger partial charge is 0.486 e. The summed E-state index contributed by atoms with van der Waals surface area (Å²) in [4.78, 5) is 4.36. The molecule has 3 nitrogen and oxygen atoms in total. The van der Waals surface area contributed by atoms with Crippen LogP contribution in [0.4, 0.5) is 0 Å². The molecule has 2 aromatic rings. The fourth-order valence-electron chi connectivity index (χ4n) is 2.10. The average Bonchev–Trinajstić information content (AvgIpc) is 2.53. The molecule has 0 unspecified atom stereocenters. The minimum atomic E-state index is 0.444. The first-order valence-corrected chi connectivity index (χ1v) is 7.99. The van der Waals surface area contributed by atoms with E-state index in [1.807, 2.05) is 37.3 Å². The third kappa shape index (κ3) is 4.05. The highest BCUT2D eigenvalue weighted by atomic mass is 79.9. The zero-order valence-corrected chi connectivity index (χ0v) is 13.6. The van der Waals surface area contributed by atoms with Crippen molar-refractivity contribution in [2.24, 2.45) is 0 Å². The molecule has 0 bridgehead atoms. The van der Waals surface area contributed by atoms with Crippen LogP contribution in [-0.4, -0.2) is 10.3 Å². The Balaban J connectivity index is 2.23. The topological polar surface area (TPSA) is 45.9 Å². The number of hydrogen-bond acceptors (Lipinski definition) is 3. The van der Waals surface area contributed by atoms with Crippen LogP contribution in [0.15, 0.2) is 36.5 Å². The number of aromatic nitrogens is 1. The summed E-state index contributed by atoms with van der Waals surface area (Å²) in [6.07, 6.45) is 3.58. The summed E-state index contributed by atoms with van der Waals surface area (Å²) in [6.45, 7) is 2.31. The van der Waals surface area contributed by atoms with Gasteiger partial charge in [0.05, 0.1) is 5.69 Å². The van der Waals surface area contributed by atoms with Crippen LogP contribution in [0, 0.1) is 18.3 Å². The van der Waals surface area contributed by atoms with Crippen molar-refractivity contribution in [3.63, 3.8) is 0 Å². The average molecular weight is 345 g/mol. The van der Waals surface area contributed by atoms with Crippen LogP contribution in [0.1, 0.15) is 28.8 Å². The van der Waals surface area contributed by atoms with Crippen molar-refractivity contribution >= 4 is 15.9 Å². The highest BCUT2D eigenvalue weighted by molar-refractivity contribution is 9.09. The maximum atomic E-state index is 9.45. The predicted molar refractivity (Wildman–Crippen MR) is 86.6 cm³/mol. The SMILES string of the molecule is Cc1ncc(CCCBr)c(C#N)c1OCc1ccccc1. The first-order chi connectivity index (χ1) is 10.3. The van der Waals surface area contributed by atoms with Crippen molar-refractivity contribution in [2.45, 2.75) is 26.4 Å². The maximum Gasteiger partial charge on any atom is 0.159 e. The zero-order chi connectivity index (χ0) is 15.1. The number of benzene rings is 1. The van der Waals surface area contributed by atoms with E-state index in [1.165, 1.54) is 0 Å². The number of aryl methyl sites for hydroxylation is 2. The van der Waals surface area contributed by atoms with Crippen LogP contribution in [0.3, 0.4) is 0 Å². The molecular formula is C17H17BrN2O. The van der Waals surface area contributed by atoms with Crippen molar-refractivity contribution in [1.82, 2.24) is 4.98 Å². The Labute approximate surface area is 133 Å². The van der Waals surface area contributed by atoms with Gasteiger partial charge in [0.1, 0.15) is 18.2 Å². The molecule has 21 heavy (non-hydrogen) atoms. The third-order valence-electron chi connectivity index (χ3n) is 3.21. The molecule has 0 aliphatic rings. The number of nitriles is 1. The fourth-order valence-corrected chi connectivity index (χ4v) is 2.38. The lowest BCUT2D eigenvalue weighted by Gasteiger charge is -2.13. The van der Waals surface area contributed by atoms with Gasteiger partial charge in [-0.25, -0.2) is 0 Å².